The van der Waals surface area contributed by atoms with E-state index >= 15 is 0 Å². The van der Waals surface area contributed by atoms with Crippen molar-refractivity contribution in [2.24, 2.45) is 5.73 Å². The van der Waals surface area contributed by atoms with Gasteiger partial charge in [-0.25, -0.2) is 4.39 Å². The van der Waals surface area contributed by atoms with Gasteiger partial charge in [-0.2, -0.15) is 0 Å². The van der Waals surface area contributed by atoms with Crippen LogP contribution in [0.5, 0.6) is 0 Å². The van der Waals surface area contributed by atoms with Gasteiger partial charge < -0.3 is 5.73 Å². The molecule has 2 unspecified atom stereocenters. The van der Waals surface area contributed by atoms with Crippen molar-refractivity contribution in [3.8, 4) is 0 Å². The first kappa shape index (κ1) is 15.1. The Kier molecular flexibility index (Phi) is 6.30. The Hall–Kier alpha value is -0.930. The van der Waals surface area contributed by atoms with E-state index in [1.165, 1.54) is 25.0 Å². The molecule has 0 amide bonds. The quantitative estimate of drug-likeness (QED) is 0.806. The molecular weight excluding hydrogens is 227 g/mol. The highest BCUT2D eigenvalue weighted by Gasteiger charge is 2.20. The highest BCUT2D eigenvalue weighted by Crippen LogP contribution is 2.19. The molecule has 2 nitrogen and oxygen atoms in total. The summed E-state index contributed by atoms with van der Waals surface area (Å²) in [5.74, 6) is -0.211. The van der Waals surface area contributed by atoms with Gasteiger partial charge in [0.25, 0.3) is 0 Å². The van der Waals surface area contributed by atoms with Crippen molar-refractivity contribution in [1.82, 2.24) is 4.90 Å². The first-order valence-corrected chi connectivity index (χ1v) is 6.85. The lowest BCUT2D eigenvalue weighted by Gasteiger charge is -2.32. The van der Waals surface area contributed by atoms with Gasteiger partial charge in [-0.05, 0) is 44.1 Å². The standard InChI is InChI=1S/C15H25FN2/c1-4-6-11-18(5-2)12(3)15(17)13-7-9-14(16)10-8-13/h7-10,12,15H,4-6,11,17H2,1-3H3. The van der Waals surface area contributed by atoms with Crippen molar-refractivity contribution in [2.45, 2.75) is 45.7 Å². The Morgan fingerprint density at radius 3 is 2.33 bits per heavy atom. The van der Waals surface area contributed by atoms with E-state index in [9.17, 15) is 4.39 Å². The van der Waals surface area contributed by atoms with Crippen molar-refractivity contribution in [3.05, 3.63) is 35.6 Å². The molecule has 2 atom stereocenters. The molecule has 3 heteroatoms. The fourth-order valence-electron chi connectivity index (χ4n) is 2.20. The summed E-state index contributed by atoms with van der Waals surface area (Å²) >= 11 is 0. The van der Waals surface area contributed by atoms with Crippen molar-refractivity contribution >= 4 is 0 Å². The molecule has 0 saturated heterocycles. The predicted molar refractivity (Wildman–Crippen MR) is 74.9 cm³/mol. The Morgan fingerprint density at radius 1 is 1.22 bits per heavy atom. The number of nitrogens with two attached hydrogens (primary N) is 1. The maximum atomic E-state index is 12.9. The molecule has 0 aromatic heterocycles. The summed E-state index contributed by atoms with van der Waals surface area (Å²) < 4.78 is 12.9. The first-order valence-electron chi connectivity index (χ1n) is 6.85. The third-order valence-corrected chi connectivity index (χ3v) is 3.56. The molecule has 1 rings (SSSR count). The lowest BCUT2D eigenvalue weighted by Crippen LogP contribution is -2.41. The molecular formula is C15H25FN2. The van der Waals surface area contributed by atoms with Crippen LogP contribution in [0.2, 0.25) is 0 Å². The zero-order valence-corrected chi connectivity index (χ0v) is 11.7. The second kappa shape index (κ2) is 7.49. The van der Waals surface area contributed by atoms with Crippen LogP contribution in [0, 0.1) is 5.82 Å². The van der Waals surface area contributed by atoms with E-state index in [2.05, 4.69) is 25.7 Å². The topological polar surface area (TPSA) is 29.3 Å². The molecule has 0 spiro atoms. The van der Waals surface area contributed by atoms with Crippen LogP contribution < -0.4 is 5.73 Å². The van der Waals surface area contributed by atoms with Gasteiger partial charge in [-0.15, -0.1) is 0 Å². The molecule has 0 fully saturated rings. The summed E-state index contributed by atoms with van der Waals surface area (Å²) in [7, 11) is 0. The number of nitrogens with zero attached hydrogens (tertiary/aromatic N) is 1. The second-order valence-corrected chi connectivity index (χ2v) is 4.80. The van der Waals surface area contributed by atoms with E-state index in [1.807, 2.05) is 0 Å². The van der Waals surface area contributed by atoms with Gasteiger partial charge in [0.1, 0.15) is 5.82 Å². The van der Waals surface area contributed by atoms with Gasteiger partial charge in [-0.1, -0.05) is 32.4 Å². The second-order valence-electron chi connectivity index (χ2n) is 4.80. The number of unbranched alkanes of at least 4 members (excludes halogenated alkanes) is 1. The van der Waals surface area contributed by atoms with Gasteiger partial charge >= 0.3 is 0 Å². The first-order chi connectivity index (χ1) is 8.60. The molecule has 0 aliphatic rings. The lowest BCUT2D eigenvalue weighted by molar-refractivity contribution is 0.191. The van der Waals surface area contributed by atoms with Crippen molar-refractivity contribution in [3.63, 3.8) is 0 Å². The summed E-state index contributed by atoms with van der Waals surface area (Å²) in [6.07, 6.45) is 2.38. The maximum Gasteiger partial charge on any atom is 0.123 e. The minimum atomic E-state index is -0.211. The predicted octanol–water partition coefficient (Wildman–Crippen LogP) is 3.34. The van der Waals surface area contributed by atoms with E-state index in [-0.39, 0.29) is 17.9 Å². The SMILES string of the molecule is CCCCN(CC)C(C)C(N)c1ccc(F)cc1. The lowest BCUT2D eigenvalue weighted by atomic mass is 10.00. The molecule has 0 bridgehead atoms. The van der Waals surface area contributed by atoms with Crippen LogP contribution in [-0.2, 0) is 0 Å². The normalized spacial score (nSPS) is 14.8. The van der Waals surface area contributed by atoms with Gasteiger partial charge in [0.2, 0.25) is 0 Å². The molecule has 0 radical (unpaired) electrons. The Bertz CT molecular complexity index is 337. The van der Waals surface area contributed by atoms with Crippen LogP contribution in [0.15, 0.2) is 24.3 Å². The largest absolute Gasteiger partial charge is 0.323 e. The minimum Gasteiger partial charge on any atom is -0.323 e. The number of halogens is 1. The van der Waals surface area contributed by atoms with Gasteiger partial charge in [0, 0.05) is 12.1 Å². The maximum absolute atomic E-state index is 12.9. The highest BCUT2D eigenvalue weighted by molar-refractivity contribution is 5.20. The van der Waals surface area contributed by atoms with Crippen LogP contribution in [0.3, 0.4) is 0 Å². The highest BCUT2D eigenvalue weighted by atomic mass is 19.1. The summed E-state index contributed by atoms with van der Waals surface area (Å²) in [5.41, 5.74) is 7.27. The molecule has 1 aromatic carbocycles. The average molecular weight is 252 g/mol. The molecule has 0 saturated carbocycles. The summed E-state index contributed by atoms with van der Waals surface area (Å²) in [4.78, 5) is 2.39. The molecule has 0 aliphatic carbocycles. The van der Waals surface area contributed by atoms with E-state index in [4.69, 9.17) is 5.73 Å². The minimum absolute atomic E-state index is 0.0672. The number of rotatable bonds is 7. The fraction of sp³-hybridized carbons (Fsp3) is 0.600. The molecule has 18 heavy (non-hydrogen) atoms. The van der Waals surface area contributed by atoms with Crippen LogP contribution in [-0.4, -0.2) is 24.0 Å². The zero-order chi connectivity index (χ0) is 13.5. The Balaban J connectivity index is 2.68. The van der Waals surface area contributed by atoms with Crippen LogP contribution in [0.4, 0.5) is 4.39 Å². The number of likely N-dealkylation sites (N-methyl/N-ethyl adjacent to an activating group) is 1. The molecule has 2 N–H and O–H groups in total. The Labute approximate surface area is 110 Å². The van der Waals surface area contributed by atoms with Gasteiger partial charge in [0.05, 0.1) is 0 Å². The van der Waals surface area contributed by atoms with Crippen molar-refractivity contribution in [2.75, 3.05) is 13.1 Å². The molecule has 0 heterocycles. The van der Waals surface area contributed by atoms with E-state index in [1.54, 1.807) is 12.1 Å². The van der Waals surface area contributed by atoms with Crippen LogP contribution in [0.25, 0.3) is 0 Å². The van der Waals surface area contributed by atoms with Gasteiger partial charge in [-0.3, -0.25) is 4.90 Å². The third kappa shape index (κ3) is 4.07. The number of hydrogen-bond donors (Lipinski definition) is 1. The monoisotopic (exact) mass is 252 g/mol. The zero-order valence-electron chi connectivity index (χ0n) is 11.7. The summed E-state index contributed by atoms with van der Waals surface area (Å²) in [6.45, 7) is 8.56. The van der Waals surface area contributed by atoms with E-state index in [0.717, 1.165) is 18.7 Å². The third-order valence-electron chi connectivity index (χ3n) is 3.56. The fourth-order valence-corrected chi connectivity index (χ4v) is 2.20. The average Bonchev–Trinajstić information content (AvgIpc) is 2.39. The van der Waals surface area contributed by atoms with Gasteiger partial charge in [0.15, 0.2) is 0 Å². The van der Waals surface area contributed by atoms with Crippen molar-refractivity contribution < 1.29 is 4.39 Å². The number of hydrogen-bond acceptors (Lipinski definition) is 2. The number of benzene rings is 1. The molecule has 0 aliphatic heterocycles. The van der Waals surface area contributed by atoms with E-state index in [0.29, 0.717) is 0 Å². The molecule has 102 valence electrons. The Morgan fingerprint density at radius 2 is 1.83 bits per heavy atom. The van der Waals surface area contributed by atoms with Crippen molar-refractivity contribution in [1.29, 1.82) is 0 Å². The van der Waals surface area contributed by atoms with E-state index < -0.39 is 0 Å². The smallest absolute Gasteiger partial charge is 0.123 e. The summed E-state index contributed by atoms with van der Waals surface area (Å²) in [6, 6.07) is 6.72. The van der Waals surface area contributed by atoms with Crippen LogP contribution >= 0.6 is 0 Å². The van der Waals surface area contributed by atoms with Crippen LogP contribution in [0.1, 0.15) is 45.2 Å². The summed E-state index contributed by atoms with van der Waals surface area (Å²) in [5, 5.41) is 0. The molecule has 1 aromatic rings.